The van der Waals surface area contributed by atoms with Crippen LogP contribution in [0.1, 0.15) is 6.42 Å². The lowest BCUT2D eigenvalue weighted by Gasteiger charge is -2.37. The molecule has 2 atom stereocenters. The van der Waals surface area contributed by atoms with E-state index in [1.165, 1.54) is 0 Å². The Balaban J connectivity index is 1.50. The molecule has 2 aromatic rings. The molecule has 134 valence electrons. The van der Waals surface area contributed by atoms with Crippen LogP contribution < -0.4 is 5.32 Å². The van der Waals surface area contributed by atoms with E-state index in [2.05, 4.69) is 27.3 Å². The summed E-state index contributed by atoms with van der Waals surface area (Å²) in [6, 6.07) is 10.6. The highest BCUT2D eigenvalue weighted by atomic mass is 35.5. The molecule has 2 aliphatic heterocycles. The molecule has 0 radical (unpaired) electrons. The third-order valence-electron chi connectivity index (χ3n) is 5.21. The van der Waals surface area contributed by atoms with Gasteiger partial charge >= 0.3 is 0 Å². The molecule has 2 saturated heterocycles. The number of hydrogen-bond acceptors (Lipinski definition) is 5. The zero-order valence-electron chi connectivity index (χ0n) is 14.3. The predicted octanol–water partition coefficient (Wildman–Crippen LogP) is 3.04. The monoisotopic (exact) mass is 361 g/mol. The molecule has 1 aromatic carbocycles. The maximum Gasteiger partial charge on any atom is 0.139 e. The first-order valence-corrected chi connectivity index (χ1v) is 9.38. The smallest absolute Gasteiger partial charge is 0.139 e. The van der Waals surface area contributed by atoms with Crippen molar-refractivity contribution in [1.29, 1.82) is 0 Å². The highest BCUT2D eigenvalue weighted by Crippen LogP contribution is 2.26. The molecule has 5 nitrogen and oxygen atoms in total. The van der Waals surface area contributed by atoms with Crippen LogP contribution in [-0.2, 0) is 9.47 Å². The lowest BCUT2D eigenvalue weighted by atomic mass is 9.97. The van der Waals surface area contributed by atoms with E-state index in [-0.39, 0.29) is 0 Å². The Morgan fingerprint density at radius 1 is 1.20 bits per heavy atom. The van der Waals surface area contributed by atoms with Gasteiger partial charge in [0.2, 0.25) is 0 Å². The summed E-state index contributed by atoms with van der Waals surface area (Å²) in [4.78, 5) is 7.05. The molecule has 0 saturated carbocycles. The second-order valence-electron chi connectivity index (χ2n) is 6.74. The van der Waals surface area contributed by atoms with Crippen LogP contribution in [0.3, 0.4) is 0 Å². The summed E-state index contributed by atoms with van der Waals surface area (Å²) in [5.74, 6) is 1.39. The third-order valence-corrected chi connectivity index (χ3v) is 5.50. The number of aromatic nitrogens is 1. The molecule has 2 aliphatic rings. The van der Waals surface area contributed by atoms with Crippen LogP contribution in [0.25, 0.3) is 10.8 Å². The van der Waals surface area contributed by atoms with Crippen LogP contribution in [-0.4, -0.2) is 62.0 Å². The van der Waals surface area contributed by atoms with Crippen molar-refractivity contribution in [3.05, 3.63) is 35.5 Å². The zero-order chi connectivity index (χ0) is 17.1. The van der Waals surface area contributed by atoms with E-state index in [1.54, 1.807) is 0 Å². The van der Waals surface area contributed by atoms with E-state index in [4.69, 9.17) is 21.1 Å². The molecule has 4 rings (SSSR count). The van der Waals surface area contributed by atoms with Crippen LogP contribution >= 0.6 is 11.6 Å². The quantitative estimate of drug-likeness (QED) is 0.829. The normalized spacial score (nSPS) is 23.0. The topological polar surface area (TPSA) is 46.6 Å². The third kappa shape index (κ3) is 3.90. The Kier molecular flexibility index (Phi) is 5.36. The van der Waals surface area contributed by atoms with Crippen LogP contribution in [0.2, 0.25) is 5.15 Å². The largest absolute Gasteiger partial charge is 0.381 e. The summed E-state index contributed by atoms with van der Waals surface area (Å²) < 4.78 is 11.2. The molecule has 1 N–H and O–H groups in total. The average molecular weight is 362 g/mol. The Hall–Kier alpha value is -1.40. The van der Waals surface area contributed by atoms with Gasteiger partial charge in [-0.05, 0) is 17.9 Å². The molecule has 0 spiro atoms. The number of morpholine rings is 1. The highest BCUT2D eigenvalue weighted by molar-refractivity contribution is 6.34. The van der Waals surface area contributed by atoms with Gasteiger partial charge in [-0.25, -0.2) is 4.98 Å². The first-order valence-electron chi connectivity index (χ1n) is 9.00. The maximum absolute atomic E-state index is 6.36. The van der Waals surface area contributed by atoms with Crippen molar-refractivity contribution in [3.8, 4) is 0 Å². The molecule has 25 heavy (non-hydrogen) atoms. The molecule has 2 fully saturated rings. The van der Waals surface area contributed by atoms with Gasteiger partial charge in [-0.15, -0.1) is 0 Å². The van der Waals surface area contributed by atoms with Gasteiger partial charge in [0.15, 0.2) is 0 Å². The van der Waals surface area contributed by atoms with E-state index in [0.717, 1.165) is 69.1 Å². The minimum Gasteiger partial charge on any atom is -0.381 e. The van der Waals surface area contributed by atoms with Crippen molar-refractivity contribution in [2.75, 3.05) is 51.4 Å². The standard InChI is InChI=1S/C19H24ClN3O2/c20-19-16-4-2-1-3-14(16)11-18(22-19)21-12-17(15-5-8-25-13-15)23-6-9-24-10-7-23/h1-4,11,15,17H,5-10,12-13H2,(H,21,22). The second kappa shape index (κ2) is 7.87. The van der Waals surface area contributed by atoms with Gasteiger partial charge in [-0.1, -0.05) is 35.9 Å². The lowest BCUT2D eigenvalue weighted by molar-refractivity contribution is 0.00460. The number of nitrogens with one attached hydrogen (secondary N) is 1. The number of halogens is 1. The summed E-state index contributed by atoms with van der Waals surface area (Å²) in [5, 5.41) is 6.17. The van der Waals surface area contributed by atoms with Crippen molar-refractivity contribution >= 4 is 28.2 Å². The molecule has 0 aliphatic carbocycles. The average Bonchev–Trinajstić information content (AvgIpc) is 3.17. The number of nitrogens with zero attached hydrogens (tertiary/aromatic N) is 2. The van der Waals surface area contributed by atoms with Crippen LogP contribution in [0.15, 0.2) is 30.3 Å². The van der Waals surface area contributed by atoms with Gasteiger partial charge in [0.25, 0.3) is 0 Å². The molecule has 6 heteroatoms. The fraction of sp³-hybridized carbons (Fsp3) is 0.526. The minimum absolute atomic E-state index is 0.429. The molecule has 1 aromatic heterocycles. The Labute approximate surface area is 153 Å². The van der Waals surface area contributed by atoms with E-state index in [1.807, 2.05) is 18.2 Å². The molecular formula is C19H24ClN3O2. The van der Waals surface area contributed by atoms with Crippen LogP contribution in [0.5, 0.6) is 0 Å². The summed E-state index contributed by atoms with van der Waals surface area (Å²) in [6.07, 6.45) is 1.12. The Morgan fingerprint density at radius 2 is 2.04 bits per heavy atom. The van der Waals surface area contributed by atoms with Gasteiger partial charge in [0, 0.05) is 43.6 Å². The number of benzene rings is 1. The second-order valence-corrected chi connectivity index (χ2v) is 7.10. The number of ether oxygens (including phenoxy) is 2. The highest BCUT2D eigenvalue weighted by Gasteiger charge is 2.31. The van der Waals surface area contributed by atoms with Crippen LogP contribution in [0, 0.1) is 5.92 Å². The van der Waals surface area contributed by atoms with Gasteiger partial charge in [0.05, 0.1) is 19.8 Å². The summed E-state index contributed by atoms with van der Waals surface area (Å²) in [6.45, 7) is 6.13. The van der Waals surface area contributed by atoms with Crippen LogP contribution in [0.4, 0.5) is 5.82 Å². The van der Waals surface area contributed by atoms with E-state index in [0.29, 0.717) is 17.1 Å². The molecular weight excluding hydrogens is 338 g/mol. The first-order chi connectivity index (χ1) is 12.3. The fourth-order valence-electron chi connectivity index (χ4n) is 3.82. The van der Waals surface area contributed by atoms with Crippen molar-refractivity contribution in [2.24, 2.45) is 5.92 Å². The van der Waals surface area contributed by atoms with Crippen molar-refractivity contribution < 1.29 is 9.47 Å². The number of fused-ring (bicyclic) bond motifs is 1. The first kappa shape index (κ1) is 17.0. The fourth-order valence-corrected chi connectivity index (χ4v) is 4.08. The zero-order valence-corrected chi connectivity index (χ0v) is 15.0. The summed E-state index contributed by atoms with van der Waals surface area (Å²) in [5.41, 5.74) is 0. The van der Waals surface area contributed by atoms with Crippen molar-refractivity contribution in [3.63, 3.8) is 0 Å². The SMILES string of the molecule is Clc1nc(NCC(C2CCOC2)N2CCOCC2)cc2ccccc12. The van der Waals surface area contributed by atoms with Crippen molar-refractivity contribution in [2.45, 2.75) is 12.5 Å². The lowest BCUT2D eigenvalue weighted by Crippen LogP contribution is -2.50. The van der Waals surface area contributed by atoms with Gasteiger partial charge in [-0.2, -0.15) is 0 Å². The summed E-state index contributed by atoms with van der Waals surface area (Å²) in [7, 11) is 0. The molecule has 3 heterocycles. The number of rotatable bonds is 5. The number of hydrogen-bond donors (Lipinski definition) is 1. The number of anilines is 1. The van der Waals surface area contributed by atoms with E-state index >= 15 is 0 Å². The Morgan fingerprint density at radius 3 is 2.84 bits per heavy atom. The van der Waals surface area contributed by atoms with E-state index in [9.17, 15) is 0 Å². The maximum atomic E-state index is 6.36. The van der Waals surface area contributed by atoms with Gasteiger partial charge in [0.1, 0.15) is 11.0 Å². The molecule has 2 unspecified atom stereocenters. The molecule has 0 amide bonds. The van der Waals surface area contributed by atoms with E-state index < -0.39 is 0 Å². The summed E-state index contributed by atoms with van der Waals surface area (Å²) >= 11 is 6.36. The Bertz CT molecular complexity index is 715. The minimum atomic E-state index is 0.429. The van der Waals surface area contributed by atoms with Gasteiger partial charge < -0.3 is 14.8 Å². The predicted molar refractivity (Wildman–Crippen MR) is 100 cm³/mol. The van der Waals surface area contributed by atoms with Crippen molar-refractivity contribution in [1.82, 2.24) is 9.88 Å². The molecule has 0 bridgehead atoms. The number of pyridine rings is 1. The van der Waals surface area contributed by atoms with Gasteiger partial charge in [-0.3, -0.25) is 4.90 Å².